The molecule has 30 heteroatoms. The van der Waals surface area contributed by atoms with Crippen molar-refractivity contribution in [1.82, 2.24) is 52.5 Å². The first-order valence-corrected chi connectivity index (χ1v) is 25.1. The number of imidazole rings is 1. The number of aromatic nitrogens is 2. The lowest BCUT2D eigenvalue weighted by Crippen LogP contribution is -2.62. The fourth-order valence-corrected chi connectivity index (χ4v) is 7.29. The number of hydrogen-bond acceptors (Lipinski definition) is 16. The summed E-state index contributed by atoms with van der Waals surface area (Å²) in [6.07, 6.45) is 1.23. The molecule has 0 aromatic carbocycles. The Morgan fingerprint density at radius 2 is 1.00 bits per heavy atom. The van der Waals surface area contributed by atoms with Gasteiger partial charge in [0, 0.05) is 49.2 Å². The molecular weight excluding hydrogens is 1010 g/mol. The standard InChI is InChI=1S/C44H76N16O12S2/c1-20(2)14-28(56-37(65)26(9-11-31(46)61)54-36(64)25(8-7-13-51-44(48)49)53-35(63)24(45)17-73)40(68)60-33(21(3)4)41(69)55-27(10-12-32(47)62)38(66)59-34(22(5)6)42(70)57-29(15-23-16-50-19-52-23)39(67)58-30(18-74)43(71)72/h16,19-22,24-30,33-34,73-74H,7-15,17-18,45H2,1-6H3,(H2,46,61)(H2,47,62)(H,50,52)(H,53,63)(H,54,64)(H,55,69)(H,56,65)(H,57,70)(H,58,67)(H,59,66)(H,60,68)(H,71,72)(H4,48,49,51)/t24-,25-,26-,27-,28-,29-,30-,33-,34-/m0/s1. The molecule has 0 fully saturated rings. The van der Waals surface area contributed by atoms with Crippen LogP contribution in [0.4, 0.5) is 0 Å². The smallest absolute Gasteiger partial charge is 0.327 e. The zero-order chi connectivity index (χ0) is 56.4. The first kappa shape index (κ1) is 65.3. The van der Waals surface area contributed by atoms with Crippen LogP contribution in [0.1, 0.15) is 92.2 Å². The van der Waals surface area contributed by atoms with Gasteiger partial charge in [-0.3, -0.25) is 52.9 Å². The SMILES string of the molecule is CC(C)C[C@H](NC(=O)[C@H](CCC(N)=O)NC(=O)[C@H](CCCN=C(N)N)NC(=O)[C@@H](N)CS)C(=O)N[C@H](C(=O)N[C@@H](CCC(N)=O)C(=O)N[C@H](C(=O)N[C@@H](Cc1cnc[nH]1)C(=O)N[C@@H](CS)C(=O)O)C(C)C)C(C)C. The van der Waals surface area contributed by atoms with Crippen molar-refractivity contribution < 1.29 is 57.8 Å². The molecule has 1 aromatic rings. The molecule has 0 aliphatic carbocycles. The molecule has 0 aliphatic rings. The molecule has 0 saturated heterocycles. The number of aliphatic carboxylic acids is 1. The van der Waals surface area contributed by atoms with Crippen LogP contribution in [0.5, 0.6) is 0 Å². The minimum atomic E-state index is -1.53. The molecule has 20 N–H and O–H groups in total. The summed E-state index contributed by atoms with van der Waals surface area (Å²) < 4.78 is 0. The normalized spacial score (nSPS) is 14.8. The number of amides is 10. The van der Waals surface area contributed by atoms with Gasteiger partial charge in [0.05, 0.1) is 12.4 Å². The summed E-state index contributed by atoms with van der Waals surface area (Å²) >= 11 is 8.00. The summed E-state index contributed by atoms with van der Waals surface area (Å²) in [5, 5.41) is 29.7. The van der Waals surface area contributed by atoms with Crippen molar-refractivity contribution in [3.8, 4) is 0 Å². The summed E-state index contributed by atoms with van der Waals surface area (Å²) in [5.74, 6) is -12.1. The van der Waals surface area contributed by atoms with E-state index in [1.165, 1.54) is 12.5 Å². The van der Waals surface area contributed by atoms with Crippen LogP contribution in [0.15, 0.2) is 17.5 Å². The Hall–Kier alpha value is -6.69. The second-order valence-electron chi connectivity index (χ2n) is 18.5. The van der Waals surface area contributed by atoms with Gasteiger partial charge >= 0.3 is 5.97 Å². The van der Waals surface area contributed by atoms with Crippen molar-refractivity contribution in [3.63, 3.8) is 0 Å². The Balaban J connectivity index is 3.46. The molecule has 0 spiro atoms. The number of rotatable bonds is 35. The minimum Gasteiger partial charge on any atom is -0.480 e. The summed E-state index contributed by atoms with van der Waals surface area (Å²) in [7, 11) is 0. The summed E-state index contributed by atoms with van der Waals surface area (Å²) in [5.41, 5.74) is 27.8. The summed E-state index contributed by atoms with van der Waals surface area (Å²) in [6.45, 7) is 9.89. The van der Waals surface area contributed by atoms with Crippen LogP contribution < -0.4 is 71.2 Å². The van der Waals surface area contributed by atoms with Crippen molar-refractivity contribution in [2.75, 3.05) is 18.1 Å². The van der Waals surface area contributed by atoms with Crippen molar-refractivity contribution in [3.05, 3.63) is 18.2 Å². The molecule has 1 rings (SSSR count). The maximum absolute atomic E-state index is 14.1. The van der Waals surface area contributed by atoms with Gasteiger partial charge in [0.1, 0.15) is 48.3 Å². The van der Waals surface area contributed by atoms with E-state index in [-0.39, 0.29) is 74.9 Å². The third kappa shape index (κ3) is 24.4. The lowest BCUT2D eigenvalue weighted by molar-refractivity contribution is -0.141. The maximum atomic E-state index is 14.1. The number of hydrogen-bond donors (Lipinski definition) is 17. The number of guanidine groups is 1. The number of thiol groups is 2. The highest BCUT2D eigenvalue weighted by Gasteiger charge is 2.37. The molecule has 1 heterocycles. The van der Waals surface area contributed by atoms with E-state index in [2.05, 4.69) is 82.8 Å². The fraction of sp³-hybridized carbons (Fsp3) is 0.659. The van der Waals surface area contributed by atoms with Gasteiger partial charge in [-0.1, -0.05) is 41.5 Å². The molecule has 0 unspecified atom stereocenters. The van der Waals surface area contributed by atoms with Crippen LogP contribution in [-0.4, -0.2) is 159 Å². The summed E-state index contributed by atoms with van der Waals surface area (Å²) in [6, 6.07) is -12.3. The quantitative estimate of drug-likeness (QED) is 0.0131. The molecular formula is C44H76N16O12S2. The Morgan fingerprint density at radius 3 is 1.42 bits per heavy atom. The number of aliphatic imine (C=N–C) groups is 1. The first-order valence-electron chi connectivity index (χ1n) is 23.8. The second kappa shape index (κ2) is 33.2. The van der Waals surface area contributed by atoms with Crippen LogP contribution in [0, 0.1) is 17.8 Å². The van der Waals surface area contributed by atoms with Crippen LogP contribution >= 0.6 is 25.3 Å². The molecule has 28 nitrogen and oxygen atoms in total. The number of carboxylic acid groups (broad SMARTS) is 1. The van der Waals surface area contributed by atoms with Crippen LogP contribution in [0.2, 0.25) is 0 Å². The van der Waals surface area contributed by atoms with Crippen LogP contribution in [-0.2, 0) is 59.2 Å². The molecule has 74 heavy (non-hydrogen) atoms. The highest BCUT2D eigenvalue weighted by Crippen LogP contribution is 2.13. The van der Waals surface area contributed by atoms with E-state index in [4.69, 9.17) is 28.7 Å². The highest BCUT2D eigenvalue weighted by molar-refractivity contribution is 7.80. The van der Waals surface area contributed by atoms with Crippen molar-refractivity contribution >= 4 is 96.3 Å². The molecule has 1 aromatic heterocycles. The molecule has 10 amide bonds. The number of carbonyl (C=O) groups excluding carboxylic acids is 10. The van der Waals surface area contributed by atoms with Crippen molar-refractivity contribution in [2.24, 2.45) is 51.4 Å². The fourth-order valence-electron chi connectivity index (χ4n) is 6.88. The Morgan fingerprint density at radius 1 is 0.581 bits per heavy atom. The van der Waals surface area contributed by atoms with Gasteiger partial charge < -0.3 is 81.3 Å². The minimum absolute atomic E-state index is 0.00633. The third-order valence-electron chi connectivity index (χ3n) is 11.0. The van der Waals surface area contributed by atoms with Crippen LogP contribution in [0.25, 0.3) is 0 Å². The predicted molar refractivity (Wildman–Crippen MR) is 277 cm³/mol. The molecule has 0 bridgehead atoms. The van der Waals surface area contributed by atoms with E-state index < -0.39 is 138 Å². The number of primary amides is 2. The Labute approximate surface area is 440 Å². The Bertz CT molecular complexity index is 2110. The molecule has 0 aliphatic heterocycles. The van der Waals surface area contributed by atoms with Crippen molar-refractivity contribution in [1.29, 1.82) is 0 Å². The number of carbonyl (C=O) groups is 11. The molecule has 9 atom stereocenters. The van der Waals surface area contributed by atoms with E-state index in [1.807, 2.05) is 0 Å². The largest absolute Gasteiger partial charge is 0.480 e. The molecule has 0 radical (unpaired) electrons. The van der Waals surface area contributed by atoms with E-state index in [1.54, 1.807) is 41.5 Å². The summed E-state index contributed by atoms with van der Waals surface area (Å²) in [4.78, 5) is 156. The zero-order valence-electron chi connectivity index (χ0n) is 42.5. The average Bonchev–Trinajstić information content (AvgIpc) is 3.83. The zero-order valence-corrected chi connectivity index (χ0v) is 44.3. The van der Waals surface area contributed by atoms with Gasteiger partial charge in [0.25, 0.3) is 0 Å². The van der Waals surface area contributed by atoms with Gasteiger partial charge in [-0.25, -0.2) is 9.78 Å². The van der Waals surface area contributed by atoms with E-state index in [9.17, 15) is 57.8 Å². The topological polar surface area (TPSA) is 475 Å². The number of nitrogens with one attached hydrogen (secondary N) is 9. The second-order valence-corrected chi connectivity index (χ2v) is 19.2. The number of aromatic amines is 1. The van der Waals surface area contributed by atoms with Crippen LogP contribution in [0.3, 0.4) is 0 Å². The van der Waals surface area contributed by atoms with Gasteiger partial charge in [-0.15, -0.1) is 0 Å². The number of nitrogens with two attached hydrogens (primary N) is 5. The van der Waals surface area contributed by atoms with Gasteiger partial charge in [-0.05, 0) is 49.9 Å². The average molecular weight is 1090 g/mol. The Kier molecular flexibility index (Phi) is 29.3. The van der Waals surface area contributed by atoms with E-state index >= 15 is 0 Å². The highest BCUT2D eigenvalue weighted by atomic mass is 32.1. The number of H-pyrrole nitrogens is 1. The van der Waals surface area contributed by atoms with Gasteiger partial charge in [0.2, 0.25) is 59.1 Å². The number of carboxylic acids is 1. The first-order chi connectivity index (χ1) is 34.6. The predicted octanol–water partition coefficient (Wildman–Crippen LogP) is -4.96. The molecule has 0 saturated carbocycles. The van der Waals surface area contributed by atoms with Gasteiger partial charge in [0.15, 0.2) is 5.96 Å². The van der Waals surface area contributed by atoms with Crippen molar-refractivity contribution in [2.45, 2.75) is 147 Å². The third-order valence-corrected chi connectivity index (χ3v) is 11.7. The lowest BCUT2D eigenvalue weighted by Gasteiger charge is -2.30. The monoisotopic (exact) mass is 1080 g/mol. The lowest BCUT2D eigenvalue weighted by atomic mass is 9.98. The van der Waals surface area contributed by atoms with Gasteiger partial charge in [-0.2, -0.15) is 25.3 Å². The molecule has 416 valence electrons. The van der Waals surface area contributed by atoms with E-state index in [0.29, 0.717) is 5.69 Å². The number of nitrogens with zero attached hydrogens (tertiary/aromatic N) is 2. The van der Waals surface area contributed by atoms with E-state index in [0.717, 1.165) is 0 Å². The maximum Gasteiger partial charge on any atom is 0.327 e.